The van der Waals surface area contributed by atoms with Crippen LogP contribution in [0.25, 0.3) is 0 Å². The summed E-state index contributed by atoms with van der Waals surface area (Å²) in [5.74, 6) is 0. The van der Waals surface area contributed by atoms with Crippen molar-refractivity contribution >= 4 is 0 Å². The van der Waals surface area contributed by atoms with Crippen molar-refractivity contribution in [2.45, 2.75) is 66.0 Å². The number of nitrogens with two attached hydrogens (primary N) is 1. The third-order valence-electron chi connectivity index (χ3n) is 2.90. The van der Waals surface area contributed by atoms with E-state index < -0.39 is 0 Å². The number of likely N-dealkylation sites (N-methyl/N-ethyl adjacent to an activating group) is 1. The smallest absolute Gasteiger partial charge is 0.0301 e. The quantitative estimate of drug-likeness (QED) is 0.654. The van der Waals surface area contributed by atoms with Gasteiger partial charge in [0, 0.05) is 11.6 Å². The summed E-state index contributed by atoms with van der Waals surface area (Å²) in [5.41, 5.74) is 6.17. The van der Waals surface area contributed by atoms with Crippen LogP contribution in [0, 0.1) is 0 Å². The van der Waals surface area contributed by atoms with E-state index in [2.05, 4.69) is 25.8 Å². The first-order valence-corrected chi connectivity index (χ1v) is 6.02. The van der Waals surface area contributed by atoms with Gasteiger partial charge in [0.2, 0.25) is 0 Å². The molecule has 1 saturated heterocycles. The van der Waals surface area contributed by atoms with Crippen LogP contribution in [0.3, 0.4) is 0 Å². The normalized spacial score (nSPS) is 25.3. The van der Waals surface area contributed by atoms with E-state index in [9.17, 15) is 0 Å². The molecular weight excluding hydrogens is 172 g/mol. The van der Waals surface area contributed by atoms with Crippen LogP contribution in [0.1, 0.15) is 54.4 Å². The van der Waals surface area contributed by atoms with Crippen molar-refractivity contribution in [1.29, 1.82) is 0 Å². The predicted octanol–water partition coefficient (Wildman–Crippen LogP) is 2.87. The Hall–Kier alpha value is -0.0800. The molecule has 1 atom stereocenters. The van der Waals surface area contributed by atoms with Gasteiger partial charge in [-0.3, -0.25) is 4.90 Å². The molecule has 0 bridgehead atoms. The molecule has 1 unspecified atom stereocenters. The second-order valence-electron chi connectivity index (χ2n) is 3.82. The molecule has 0 saturated carbocycles. The first-order valence-electron chi connectivity index (χ1n) is 6.02. The van der Waals surface area contributed by atoms with E-state index in [1.54, 1.807) is 0 Å². The molecule has 1 aliphatic heterocycles. The minimum absolute atomic E-state index is 0.207. The van der Waals surface area contributed by atoms with Crippen LogP contribution < -0.4 is 5.73 Å². The lowest BCUT2D eigenvalue weighted by Crippen LogP contribution is -2.57. The summed E-state index contributed by atoms with van der Waals surface area (Å²) >= 11 is 0. The van der Waals surface area contributed by atoms with Crippen molar-refractivity contribution < 1.29 is 0 Å². The monoisotopic (exact) mass is 202 g/mol. The standard InChI is InChI=1S/C8H18N2.2C2H6/c1-8(2)7(9)5-4-6-10(8)3;2*1-2/h7H,4-6,9H2,1-3H3;2*1-2H3. The van der Waals surface area contributed by atoms with Gasteiger partial charge in [-0.05, 0) is 40.3 Å². The average Bonchev–Trinajstić information content (AvgIpc) is 2.21. The summed E-state index contributed by atoms with van der Waals surface area (Å²) in [6, 6.07) is 0.353. The molecule has 1 fully saturated rings. The van der Waals surface area contributed by atoms with E-state index >= 15 is 0 Å². The van der Waals surface area contributed by atoms with Gasteiger partial charge in [0.15, 0.2) is 0 Å². The first-order chi connectivity index (χ1) is 6.55. The second-order valence-corrected chi connectivity index (χ2v) is 3.82. The Labute approximate surface area is 90.9 Å². The van der Waals surface area contributed by atoms with Gasteiger partial charge in [0.1, 0.15) is 0 Å². The molecule has 0 amide bonds. The van der Waals surface area contributed by atoms with Gasteiger partial charge >= 0.3 is 0 Å². The van der Waals surface area contributed by atoms with Crippen LogP contribution in [-0.4, -0.2) is 30.1 Å². The zero-order valence-electron chi connectivity index (χ0n) is 11.2. The first kappa shape index (κ1) is 16.4. The van der Waals surface area contributed by atoms with E-state index in [-0.39, 0.29) is 5.54 Å². The number of rotatable bonds is 0. The molecule has 0 aromatic carbocycles. The maximum absolute atomic E-state index is 5.96. The lowest BCUT2D eigenvalue weighted by atomic mass is 9.86. The summed E-state index contributed by atoms with van der Waals surface area (Å²) in [4.78, 5) is 2.35. The van der Waals surface area contributed by atoms with E-state index in [1.165, 1.54) is 19.4 Å². The van der Waals surface area contributed by atoms with Crippen molar-refractivity contribution in [1.82, 2.24) is 4.90 Å². The highest BCUT2D eigenvalue weighted by Gasteiger charge is 2.33. The molecule has 0 aromatic rings. The molecule has 88 valence electrons. The number of hydrogen-bond acceptors (Lipinski definition) is 2. The summed E-state index contributed by atoms with van der Waals surface area (Å²) in [6.45, 7) is 13.6. The van der Waals surface area contributed by atoms with Crippen LogP contribution in [0.5, 0.6) is 0 Å². The van der Waals surface area contributed by atoms with E-state index in [1.807, 2.05) is 27.7 Å². The molecule has 1 rings (SSSR count). The van der Waals surface area contributed by atoms with Crippen molar-refractivity contribution in [3.05, 3.63) is 0 Å². The van der Waals surface area contributed by atoms with Gasteiger partial charge in [-0.1, -0.05) is 27.7 Å². The Kier molecular flexibility index (Phi) is 9.63. The highest BCUT2D eigenvalue weighted by molar-refractivity contribution is 4.93. The number of piperidine rings is 1. The largest absolute Gasteiger partial charge is 0.326 e. The molecule has 2 nitrogen and oxygen atoms in total. The SMILES string of the molecule is CC.CC.CN1CCCC(N)C1(C)C. The predicted molar refractivity (Wildman–Crippen MR) is 66.6 cm³/mol. The molecule has 2 N–H and O–H groups in total. The minimum atomic E-state index is 0.207. The van der Waals surface area contributed by atoms with Gasteiger partial charge in [-0.2, -0.15) is 0 Å². The zero-order chi connectivity index (χ0) is 11.8. The van der Waals surface area contributed by atoms with Gasteiger partial charge in [-0.15, -0.1) is 0 Å². The van der Waals surface area contributed by atoms with Crippen LogP contribution in [0.15, 0.2) is 0 Å². The van der Waals surface area contributed by atoms with Crippen molar-refractivity contribution in [2.24, 2.45) is 5.73 Å². The average molecular weight is 202 g/mol. The van der Waals surface area contributed by atoms with E-state index in [4.69, 9.17) is 5.73 Å². The third kappa shape index (κ3) is 4.43. The third-order valence-corrected chi connectivity index (χ3v) is 2.90. The second kappa shape index (κ2) is 8.25. The van der Waals surface area contributed by atoms with Crippen LogP contribution in [0.2, 0.25) is 0 Å². The fourth-order valence-electron chi connectivity index (χ4n) is 1.47. The van der Waals surface area contributed by atoms with Crippen molar-refractivity contribution in [3.8, 4) is 0 Å². The molecule has 1 heterocycles. The van der Waals surface area contributed by atoms with Gasteiger partial charge in [0.05, 0.1) is 0 Å². The lowest BCUT2D eigenvalue weighted by Gasteiger charge is -2.44. The fraction of sp³-hybridized carbons (Fsp3) is 1.00. The summed E-state index contributed by atoms with van der Waals surface area (Å²) < 4.78 is 0. The molecule has 1 aliphatic rings. The van der Waals surface area contributed by atoms with Crippen LogP contribution >= 0.6 is 0 Å². The molecule has 0 radical (unpaired) electrons. The molecule has 0 spiro atoms. The fourth-order valence-corrected chi connectivity index (χ4v) is 1.47. The number of hydrogen-bond donors (Lipinski definition) is 1. The molecule has 2 heteroatoms. The minimum Gasteiger partial charge on any atom is -0.326 e. The molecule has 14 heavy (non-hydrogen) atoms. The van der Waals surface area contributed by atoms with Gasteiger partial charge in [0.25, 0.3) is 0 Å². The van der Waals surface area contributed by atoms with Gasteiger partial charge < -0.3 is 5.73 Å². The van der Waals surface area contributed by atoms with Gasteiger partial charge in [-0.25, -0.2) is 0 Å². The van der Waals surface area contributed by atoms with E-state index in [0.29, 0.717) is 6.04 Å². The van der Waals surface area contributed by atoms with E-state index in [0.717, 1.165) is 0 Å². The maximum Gasteiger partial charge on any atom is 0.0301 e. The zero-order valence-corrected chi connectivity index (χ0v) is 11.2. The molecule has 0 aromatic heterocycles. The molecule has 0 aliphatic carbocycles. The van der Waals surface area contributed by atoms with Crippen LogP contribution in [-0.2, 0) is 0 Å². The highest BCUT2D eigenvalue weighted by Crippen LogP contribution is 2.24. The van der Waals surface area contributed by atoms with Crippen molar-refractivity contribution in [3.63, 3.8) is 0 Å². The Balaban J connectivity index is 0. The summed E-state index contributed by atoms with van der Waals surface area (Å²) in [5, 5.41) is 0. The topological polar surface area (TPSA) is 29.3 Å². The summed E-state index contributed by atoms with van der Waals surface area (Å²) in [6.07, 6.45) is 2.43. The molecular formula is C12H30N2. The Morgan fingerprint density at radius 3 is 1.86 bits per heavy atom. The summed E-state index contributed by atoms with van der Waals surface area (Å²) in [7, 11) is 2.15. The Morgan fingerprint density at radius 2 is 1.57 bits per heavy atom. The highest BCUT2D eigenvalue weighted by atomic mass is 15.2. The number of likely N-dealkylation sites (tertiary alicyclic amines) is 1. The number of nitrogens with zero attached hydrogens (tertiary/aromatic N) is 1. The maximum atomic E-state index is 5.96. The Bertz CT molecular complexity index is 109. The van der Waals surface area contributed by atoms with Crippen molar-refractivity contribution in [2.75, 3.05) is 13.6 Å². The van der Waals surface area contributed by atoms with Crippen LogP contribution in [0.4, 0.5) is 0 Å². The lowest BCUT2D eigenvalue weighted by molar-refractivity contribution is 0.0852. The Morgan fingerprint density at radius 1 is 1.14 bits per heavy atom.